The van der Waals surface area contributed by atoms with Gasteiger partial charge in [-0.25, -0.2) is 13.1 Å². The number of hydrogen-bond donors (Lipinski definition) is 1. The number of hydrogen-bond acceptors (Lipinski definition) is 3. The van der Waals surface area contributed by atoms with E-state index in [1.807, 2.05) is 0 Å². The van der Waals surface area contributed by atoms with Crippen LogP contribution in [0.1, 0.15) is 25.7 Å². The van der Waals surface area contributed by atoms with Gasteiger partial charge in [-0.2, -0.15) is 0 Å². The minimum atomic E-state index is -3.43. The van der Waals surface area contributed by atoms with Crippen molar-refractivity contribution in [3.63, 3.8) is 0 Å². The molecule has 19 heavy (non-hydrogen) atoms. The molecule has 2 bridgehead atoms. The Morgan fingerprint density at radius 3 is 2.42 bits per heavy atom. The lowest BCUT2D eigenvalue weighted by molar-refractivity contribution is 0.332. The van der Waals surface area contributed by atoms with Gasteiger partial charge in [-0.15, -0.1) is 11.3 Å². The Labute approximate surface area is 122 Å². The molecule has 2 unspecified atom stereocenters. The first-order chi connectivity index (χ1) is 8.95. The van der Waals surface area contributed by atoms with Gasteiger partial charge in [0.2, 0.25) is 10.0 Å². The summed E-state index contributed by atoms with van der Waals surface area (Å²) < 4.78 is 28.4. The van der Waals surface area contributed by atoms with Gasteiger partial charge in [0.25, 0.3) is 0 Å². The number of nitrogens with one attached hydrogen (secondary N) is 1. The van der Waals surface area contributed by atoms with Gasteiger partial charge in [-0.1, -0.05) is 23.8 Å². The molecule has 6 heteroatoms. The minimum absolute atomic E-state index is 0.0661. The molecule has 104 valence electrons. The van der Waals surface area contributed by atoms with Crippen LogP contribution in [0.5, 0.6) is 0 Å². The third-order valence-electron chi connectivity index (χ3n) is 4.13. The molecular formula is C13H16ClNO2S2. The van der Waals surface area contributed by atoms with Gasteiger partial charge in [0.15, 0.2) is 0 Å². The molecule has 0 saturated heterocycles. The molecule has 0 amide bonds. The normalized spacial score (nSPS) is 30.8. The first-order valence-electron chi connectivity index (χ1n) is 6.40. The Kier molecular flexibility index (Phi) is 3.50. The van der Waals surface area contributed by atoms with Crippen LogP contribution in [-0.2, 0) is 10.0 Å². The Morgan fingerprint density at radius 2 is 1.89 bits per heavy atom. The number of rotatable bonds is 3. The number of allylic oxidation sites excluding steroid dienone is 1. The summed E-state index contributed by atoms with van der Waals surface area (Å²) in [6, 6.07) is 3.26. The highest BCUT2D eigenvalue weighted by atomic mass is 35.5. The Balaban J connectivity index is 1.80. The lowest BCUT2D eigenvalue weighted by atomic mass is 9.82. The van der Waals surface area contributed by atoms with Crippen LogP contribution in [0, 0.1) is 11.8 Å². The molecule has 3 rings (SSSR count). The average molecular weight is 318 g/mol. The number of thiophene rings is 1. The molecule has 1 heterocycles. The minimum Gasteiger partial charge on any atom is -0.207 e. The largest absolute Gasteiger partial charge is 0.250 e. The molecule has 2 aliphatic carbocycles. The van der Waals surface area contributed by atoms with E-state index in [9.17, 15) is 8.42 Å². The molecule has 1 aromatic rings. The summed E-state index contributed by atoms with van der Waals surface area (Å²) in [5, 5.41) is 0. The van der Waals surface area contributed by atoms with Gasteiger partial charge in [-0.05, 0) is 49.7 Å². The maximum absolute atomic E-state index is 12.3. The molecule has 0 radical (unpaired) electrons. The van der Waals surface area contributed by atoms with Crippen LogP contribution >= 0.6 is 22.9 Å². The van der Waals surface area contributed by atoms with Crippen LogP contribution in [-0.4, -0.2) is 14.5 Å². The van der Waals surface area contributed by atoms with Crippen molar-refractivity contribution >= 4 is 33.0 Å². The SMILES string of the molecule is C=C1CC2CCC(C1)C2NS(=O)(=O)c1ccc(Cl)s1. The monoisotopic (exact) mass is 317 g/mol. The summed E-state index contributed by atoms with van der Waals surface area (Å²) in [4.78, 5) is 0. The topological polar surface area (TPSA) is 46.2 Å². The molecule has 1 N–H and O–H groups in total. The molecule has 2 fully saturated rings. The predicted molar refractivity (Wildman–Crippen MR) is 78.0 cm³/mol. The van der Waals surface area contributed by atoms with Crippen molar-refractivity contribution in [2.75, 3.05) is 0 Å². The molecule has 0 spiro atoms. The lowest BCUT2D eigenvalue weighted by Crippen LogP contribution is -2.43. The van der Waals surface area contributed by atoms with E-state index in [-0.39, 0.29) is 6.04 Å². The van der Waals surface area contributed by atoms with Crippen molar-refractivity contribution in [2.45, 2.75) is 35.9 Å². The highest BCUT2D eigenvalue weighted by molar-refractivity contribution is 7.91. The smallest absolute Gasteiger partial charge is 0.207 e. The number of halogens is 1. The zero-order chi connectivity index (χ0) is 13.6. The average Bonchev–Trinajstić information content (AvgIpc) is 2.83. The van der Waals surface area contributed by atoms with E-state index in [1.54, 1.807) is 12.1 Å². The van der Waals surface area contributed by atoms with Gasteiger partial charge < -0.3 is 0 Å². The van der Waals surface area contributed by atoms with Gasteiger partial charge >= 0.3 is 0 Å². The molecule has 2 aliphatic rings. The summed E-state index contributed by atoms with van der Waals surface area (Å²) in [5.74, 6) is 0.827. The van der Waals surface area contributed by atoms with E-state index < -0.39 is 10.0 Å². The molecular weight excluding hydrogens is 302 g/mol. The van der Waals surface area contributed by atoms with E-state index in [4.69, 9.17) is 11.6 Å². The van der Waals surface area contributed by atoms with E-state index in [2.05, 4.69) is 11.3 Å². The fourth-order valence-electron chi connectivity index (χ4n) is 3.33. The third-order valence-corrected chi connectivity index (χ3v) is 7.31. The standard InChI is InChI=1S/C13H16ClNO2S2/c1-8-6-9-2-3-10(7-8)13(9)15-19(16,17)12-5-4-11(14)18-12/h4-5,9-10,13,15H,1-3,6-7H2. The van der Waals surface area contributed by atoms with Crippen molar-refractivity contribution in [3.05, 3.63) is 28.6 Å². The zero-order valence-corrected chi connectivity index (χ0v) is 12.8. The van der Waals surface area contributed by atoms with Crippen LogP contribution < -0.4 is 4.72 Å². The Bertz CT molecular complexity index is 592. The Morgan fingerprint density at radius 1 is 1.26 bits per heavy atom. The molecule has 0 aromatic carbocycles. The zero-order valence-electron chi connectivity index (χ0n) is 10.4. The maximum Gasteiger partial charge on any atom is 0.250 e. The number of sulfonamides is 1. The van der Waals surface area contributed by atoms with Crippen molar-refractivity contribution in [1.82, 2.24) is 4.72 Å². The fourth-order valence-corrected chi connectivity index (χ4v) is 6.20. The van der Waals surface area contributed by atoms with Gasteiger partial charge in [-0.3, -0.25) is 0 Å². The quantitative estimate of drug-likeness (QED) is 0.868. The van der Waals surface area contributed by atoms with E-state index in [0.29, 0.717) is 20.4 Å². The second kappa shape index (κ2) is 4.88. The second-order valence-electron chi connectivity index (χ2n) is 5.46. The summed E-state index contributed by atoms with van der Waals surface area (Å²) in [6.07, 6.45) is 4.11. The van der Waals surface area contributed by atoms with E-state index in [0.717, 1.165) is 37.0 Å². The fraction of sp³-hybridized carbons (Fsp3) is 0.538. The molecule has 0 aliphatic heterocycles. The van der Waals surface area contributed by atoms with Crippen molar-refractivity contribution in [1.29, 1.82) is 0 Å². The van der Waals surface area contributed by atoms with Crippen LogP contribution in [0.4, 0.5) is 0 Å². The van der Waals surface area contributed by atoms with Crippen molar-refractivity contribution in [2.24, 2.45) is 11.8 Å². The summed E-state index contributed by atoms with van der Waals surface area (Å²) in [7, 11) is -3.43. The van der Waals surface area contributed by atoms with Crippen LogP contribution in [0.3, 0.4) is 0 Å². The summed E-state index contributed by atoms with van der Waals surface area (Å²) in [5.41, 5.74) is 1.27. The van der Waals surface area contributed by atoms with Crippen LogP contribution in [0.2, 0.25) is 4.34 Å². The first-order valence-corrected chi connectivity index (χ1v) is 9.08. The van der Waals surface area contributed by atoms with Crippen molar-refractivity contribution < 1.29 is 8.42 Å². The number of fused-ring (bicyclic) bond motifs is 2. The highest BCUT2D eigenvalue weighted by Gasteiger charge is 2.42. The van der Waals surface area contributed by atoms with Crippen LogP contribution in [0.15, 0.2) is 28.5 Å². The summed E-state index contributed by atoms with van der Waals surface area (Å²) >= 11 is 6.92. The molecule has 1 aromatic heterocycles. The van der Waals surface area contributed by atoms with Gasteiger partial charge in [0.05, 0.1) is 4.34 Å². The van der Waals surface area contributed by atoms with Gasteiger partial charge in [0.1, 0.15) is 4.21 Å². The molecule has 2 atom stereocenters. The molecule has 2 saturated carbocycles. The van der Waals surface area contributed by atoms with Gasteiger partial charge in [0, 0.05) is 6.04 Å². The van der Waals surface area contributed by atoms with Crippen LogP contribution in [0.25, 0.3) is 0 Å². The van der Waals surface area contributed by atoms with E-state index >= 15 is 0 Å². The van der Waals surface area contributed by atoms with Crippen molar-refractivity contribution in [3.8, 4) is 0 Å². The molecule has 3 nitrogen and oxygen atoms in total. The summed E-state index contributed by atoms with van der Waals surface area (Å²) in [6.45, 7) is 4.05. The maximum atomic E-state index is 12.3. The lowest BCUT2D eigenvalue weighted by Gasteiger charge is -2.31. The first kappa shape index (κ1) is 13.6. The predicted octanol–water partition coefficient (Wildman–Crippen LogP) is 3.42. The Hall–Kier alpha value is -0.360. The van der Waals surface area contributed by atoms with E-state index in [1.165, 1.54) is 5.57 Å². The highest BCUT2D eigenvalue weighted by Crippen LogP contribution is 2.44. The second-order valence-corrected chi connectivity index (χ2v) is 9.12. The third kappa shape index (κ3) is 2.61.